The molecule has 240 valence electrons. The van der Waals surface area contributed by atoms with E-state index >= 15 is 0 Å². The average molecular weight is 812 g/mol. The monoisotopic (exact) mass is 811 g/mol. The summed E-state index contributed by atoms with van der Waals surface area (Å²) in [5, 5.41) is 17.4. The van der Waals surface area contributed by atoms with Crippen LogP contribution in [0.5, 0.6) is 0 Å². The molecule has 4 heterocycles. The van der Waals surface area contributed by atoms with E-state index in [9.17, 15) is 5.26 Å². The van der Waals surface area contributed by atoms with E-state index in [4.69, 9.17) is 24.6 Å². The molecule has 0 amide bonds. The summed E-state index contributed by atoms with van der Waals surface area (Å²) in [4.78, 5) is 6.44. The Hall–Kier alpha value is -5.30. The SMILES string of the molecule is [2H]C([2H])([2H])N1C=CN(c2[c-]c3c(oc4ccc5oc6c(C#N)cc(-n7cc(-c8c(C(C)C)cccc8C(C)C)cn7)[c-]c6c5c43)c([N+]#[C-])c2)[CH-]1.[Pt]. The molecular weight excluding hydrogens is 780 g/mol. The third-order valence-electron chi connectivity index (χ3n) is 8.69. The van der Waals surface area contributed by atoms with Gasteiger partial charge in [0.1, 0.15) is 0 Å². The van der Waals surface area contributed by atoms with Gasteiger partial charge in [-0.25, -0.2) is 0 Å². The maximum absolute atomic E-state index is 10.3. The first kappa shape index (κ1) is 27.8. The Bertz CT molecular complexity index is 2610. The fraction of sp³-hybridized carbons (Fsp3) is 0.179. The number of furan rings is 2. The molecule has 0 saturated carbocycles. The minimum atomic E-state index is -2.36. The molecule has 7 aromatic rings. The summed E-state index contributed by atoms with van der Waals surface area (Å²) in [6.45, 7) is 15.7. The van der Waals surface area contributed by atoms with Gasteiger partial charge in [-0.05, 0) is 65.7 Å². The summed E-state index contributed by atoms with van der Waals surface area (Å²) in [6, 6.07) is 22.5. The molecule has 8 nitrogen and oxygen atoms in total. The van der Waals surface area contributed by atoms with Crippen molar-refractivity contribution in [1.29, 1.82) is 5.26 Å². The van der Waals surface area contributed by atoms with E-state index in [2.05, 4.69) is 68.9 Å². The molecule has 3 aromatic heterocycles. The van der Waals surface area contributed by atoms with Crippen molar-refractivity contribution in [3.63, 3.8) is 0 Å². The molecule has 0 saturated heterocycles. The predicted octanol–water partition coefficient (Wildman–Crippen LogP) is 9.95. The van der Waals surface area contributed by atoms with E-state index in [0.717, 1.165) is 10.5 Å². The van der Waals surface area contributed by atoms with E-state index in [1.807, 2.05) is 12.4 Å². The Balaban J connectivity index is 0.00000406. The molecule has 8 rings (SSSR count). The summed E-state index contributed by atoms with van der Waals surface area (Å²) in [6.07, 6.45) is 6.88. The van der Waals surface area contributed by atoms with Gasteiger partial charge in [0.15, 0.2) is 5.69 Å². The molecule has 0 bridgehead atoms. The maximum Gasteiger partial charge on any atom is 0.151 e. The van der Waals surface area contributed by atoms with Crippen LogP contribution in [0, 0.1) is 36.7 Å². The van der Waals surface area contributed by atoms with Crippen LogP contribution < -0.4 is 4.90 Å². The largest absolute Gasteiger partial charge is 0.522 e. The molecule has 0 N–H and O–H groups in total. The van der Waals surface area contributed by atoms with Gasteiger partial charge in [-0.2, -0.15) is 17.0 Å². The fourth-order valence-corrected chi connectivity index (χ4v) is 6.51. The van der Waals surface area contributed by atoms with E-state index in [0.29, 0.717) is 72.7 Å². The molecule has 0 unspecified atom stereocenters. The van der Waals surface area contributed by atoms with E-state index in [-0.39, 0.29) is 26.8 Å². The average Bonchev–Trinajstić information content (AvgIpc) is 3.90. The Morgan fingerprint density at radius 1 is 0.958 bits per heavy atom. The number of nitriles is 1. The third-order valence-corrected chi connectivity index (χ3v) is 8.69. The van der Waals surface area contributed by atoms with E-state index in [1.54, 1.807) is 40.0 Å². The number of hydrogen-bond donors (Lipinski definition) is 0. The molecule has 0 spiro atoms. The fourth-order valence-electron chi connectivity index (χ4n) is 6.51. The number of nitrogens with zero attached hydrogens (tertiary/aromatic N) is 6. The van der Waals surface area contributed by atoms with Crippen LogP contribution in [0.3, 0.4) is 0 Å². The minimum Gasteiger partial charge on any atom is -0.522 e. The van der Waals surface area contributed by atoms with Crippen LogP contribution >= 0.6 is 0 Å². The van der Waals surface area contributed by atoms with Gasteiger partial charge in [0.25, 0.3) is 0 Å². The van der Waals surface area contributed by atoms with Gasteiger partial charge in [-0.15, -0.1) is 29.0 Å². The summed E-state index contributed by atoms with van der Waals surface area (Å²) in [7, 11) is 0. The zero-order valence-corrected chi connectivity index (χ0v) is 28.7. The van der Waals surface area contributed by atoms with Crippen molar-refractivity contribution in [3.05, 3.63) is 114 Å². The third kappa shape index (κ3) is 4.79. The Labute approximate surface area is 296 Å². The van der Waals surface area contributed by atoms with Gasteiger partial charge in [-0.1, -0.05) is 68.4 Å². The first-order valence-electron chi connectivity index (χ1n) is 16.8. The van der Waals surface area contributed by atoms with Crippen LogP contribution in [0.2, 0.25) is 0 Å². The van der Waals surface area contributed by atoms with Crippen LogP contribution in [-0.4, -0.2) is 21.7 Å². The van der Waals surface area contributed by atoms with Gasteiger partial charge in [-0.3, -0.25) is 9.53 Å². The van der Waals surface area contributed by atoms with E-state index in [1.165, 1.54) is 29.6 Å². The molecular formula is C39H29N6O2Pt-3. The van der Waals surface area contributed by atoms with Gasteiger partial charge in [0.2, 0.25) is 0 Å². The second-order valence-electron chi connectivity index (χ2n) is 12.3. The van der Waals surface area contributed by atoms with Crippen molar-refractivity contribution in [3.8, 4) is 22.9 Å². The number of anilines is 1. The van der Waals surface area contributed by atoms with Gasteiger partial charge in [0.05, 0.1) is 35.6 Å². The number of benzene rings is 4. The number of hydrogen-bond acceptors (Lipinski definition) is 6. The summed E-state index contributed by atoms with van der Waals surface area (Å²) >= 11 is 0. The first-order valence-corrected chi connectivity index (χ1v) is 15.3. The first-order chi connectivity index (χ1) is 24.0. The number of fused-ring (bicyclic) bond motifs is 7. The number of aromatic nitrogens is 2. The maximum atomic E-state index is 10.3. The molecule has 0 atom stereocenters. The van der Waals surface area contributed by atoms with Crippen molar-refractivity contribution >= 4 is 55.3 Å². The minimum absolute atomic E-state index is 0. The molecule has 1 aliphatic rings. The van der Waals surface area contributed by atoms with Gasteiger partial charge in [0, 0.05) is 48.1 Å². The standard InChI is InChI=1S/C39H29N6O2.Pt/c1-22(2)28-8-7-9-29(23(3)4)35(28)25-19-42-45(20-25)27-14-24(18-40)38-30(16-27)36-33(46-38)10-11-34-37(36)31-15-26(44-13-12-43(6)21-44)17-32(41-5)39(31)47-34;/h7-14,17,19-23H,1-4,6H3;/q-3;/i6D3;. The second-order valence-corrected chi connectivity index (χ2v) is 12.3. The molecule has 48 heavy (non-hydrogen) atoms. The number of rotatable bonds is 5. The molecule has 9 heteroatoms. The van der Waals surface area contributed by atoms with Gasteiger partial charge >= 0.3 is 0 Å². The van der Waals surface area contributed by atoms with Crippen molar-refractivity contribution < 1.29 is 34.0 Å². The Kier molecular flexibility index (Phi) is 6.79. The Morgan fingerprint density at radius 2 is 1.62 bits per heavy atom. The zero-order chi connectivity index (χ0) is 35.1. The second kappa shape index (κ2) is 11.7. The van der Waals surface area contributed by atoms with E-state index < -0.39 is 6.98 Å². The van der Waals surface area contributed by atoms with Crippen LogP contribution in [0.15, 0.2) is 76.1 Å². The smallest absolute Gasteiger partial charge is 0.151 e. The molecule has 0 aliphatic carbocycles. The zero-order valence-electron chi connectivity index (χ0n) is 29.4. The van der Waals surface area contributed by atoms with Crippen molar-refractivity contribution in [2.24, 2.45) is 0 Å². The molecule has 0 fully saturated rings. The summed E-state index contributed by atoms with van der Waals surface area (Å²) in [5.41, 5.74) is 7.95. The molecule has 1 aliphatic heterocycles. The van der Waals surface area contributed by atoms with Gasteiger partial charge < -0.3 is 18.6 Å². The predicted molar refractivity (Wildman–Crippen MR) is 184 cm³/mol. The molecule has 0 radical (unpaired) electrons. The van der Waals surface area contributed by atoms with Crippen LogP contribution in [0.1, 0.15) is 60.3 Å². The topological polar surface area (TPSA) is 78.7 Å². The van der Waals surface area contributed by atoms with Crippen LogP contribution in [0.25, 0.3) is 65.5 Å². The Morgan fingerprint density at radius 3 is 2.25 bits per heavy atom. The van der Waals surface area contributed by atoms with Crippen LogP contribution in [-0.2, 0) is 21.1 Å². The quantitative estimate of drug-likeness (QED) is 0.161. The van der Waals surface area contributed by atoms with Crippen molar-refractivity contribution in [2.75, 3.05) is 11.9 Å². The van der Waals surface area contributed by atoms with Crippen molar-refractivity contribution in [2.45, 2.75) is 39.5 Å². The summed E-state index contributed by atoms with van der Waals surface area (Å²) in [5.74, 6) is 0.621. The summed E-state index contributed by atoms with van der Waals surface area (Å²) < 4.78 is 37.6. The van der Waals surface area contributed by atoms with Crippen LogP contribution in [0.4, 0.5) is 11.4 Å². The van der Waals surface area contributed by atoms with Crippen molar-refractivity contribution in [1.82, 2.24) is 14.7 Å². The molecule has 4 aromatic carbocycles. The normalized spacial score (nSPS) is 14.2.